The molecule has 0 saturated carbocycles. The monoisotopic (exact) mass is 892 g/mol. The average molecular weight is 892 g/mol. The van der Waals surface area contributed by atoms with Gasteiger partial charge in [-0.2, -0.15) is 0 Å². The maximum Gasteiger partial charge on any atom is 0.472 e. The van der Waals surface area contributed by atoms with E-state index in [9.17, 15) is 19.4 Å². The van der Waals surface area contributed by atoms with E-state index >= 15 is 0 Å². The molecule has 362 valence electrons. The van der Waals surface area contributed by atoms with Gasteiger partial charge in [0.1, 0.15) is 13.2 Å². The van der Waals surface area contributed by atoms with Crippen LogP contribution in [0.3, 0.4) is 0 Å². The number of unbranched alkanes of at least 4 members (excludes halogenated alkanes) is 23. The lowest BCUT2D eigenvalue weighted by Crippen LogP contribution is -2.46. The number of nitrogens with zero attached hydrogens (tertiary/aromatic N) is 1. The van der Waals surface area contributed by atoms with Crippen LogP contribution in [0.2, 0.25) is 0 Å². The van der Waals surface area contributed by atoms with Crippen molar-refractivity contribution in [2.75, 3.05) is 40.9 Å². The number of amides is 1. The minimum Gasteiger partial charge on any atom is -0.391 e. The molecule has 0 aliphatic heterocycles. The number of likely N-dealkylation sites (N-methyl/N-ethyl adjacent to an activating group) is 1. The summed E-state index contributed by atoms with van der Waals surface area (Å²) in [5, 5.41) is 14.0. The lowest BCUT2D eigenvalue weighted by Gasteiger charge is -2.26. The Balaban J connectivity index is 4.10. The van der Waals surface area contributed by atoms with Gasteiger partial charge in [0.05, 0.1) is 39.9 Å². The van der Waals surface area contributed by atoms with Gasteiger partial charge >= 0.3 is 7.82 Å². The van der Waals surface area contributed by atoms with Crippen LogP contribution < -0.4 is 5.32 Å². The number of aliphatic hydroxyl groups excluding tert-OH is 1. The van der Waals surface area contributed by atoms with E-state index < -0.39 is 20.0 Å². The molecule has 0 fully saturated rings. The van der Waals surface area contributed by atoms with Crippen molar-refractivity contribution in [2.24, 2.45) is 0 Å². The van der Waals surface area contributed by atoms with Crippen molar-refractivity contribution in [1.82, 2.24) is 5.32 Å². The van der Waals surface area contributed by atoms with Crippen molar-refractivity contribution in [3.05, 3.63) is 60.8 Å². The number of hydrogen-bond acceptors (Lipinski definition) is 5. The molecule has 0 spiro atoms. The van der Waals surface area contributed by atoms with Gasteiger partial charge in [-0.25, -0.2) is 4.57 Å². The topological polar surface area (TPSA) is 105 Å². The Morgan fingerprint density at radius 3 is 1.42 bits per heavy atom. The summed E-state index contributed by atoms with van der Waals surface area (Å²) in [5.74, 6) is -0.149. The van der Waals surface area contributed by atoms with Crippen LogP contribution in [0.15, 0.2) is 60.8 Å². The highest BCUT2D eigenvalue weighted by molar-refractivity contribution is 7.47. The first-order valence-corrected chi connectivity index (χ1v) is 27.1. The zero-order valence-corrected chi connectivity index (χ0v) is 42.0. The zero-order valence-electron chi connectivity index (χ0n) is 41.1. The second-order valence-corrected chi connectivity index (χ2v) is 20.0. The number of aliphatic hydroxyl groups is 1. The number of nitrogens with one attached hydrogen (secondary N) is 1. The summed E-state index contributed by atoms with van der Waals surface area (Å²) in [5.41, 5.74) is 0. The number of carbonyl (C=O) groups is 1. The average Bonchev–Trinajstić information content (AvgIpc) is 3.23. The lowest BCUT2D eigenvalue weighted by atomic mass is 10.0. The minimum absolute atomic E-state index is 0.0729. The van der Waals surface area contributed by atoms with Crippen LogP contribution in [-0.2, 0) is 18.4 Å². The Labute approximate surface area is 383 Å². The number of carbonyl (C=O) groups excluding carboxylic acids is 1. The molecule has 3 unspecified atom stereocenters. The molecule has 3 atom stereocenters. The van der Waals surface area contributed by atoms with Gasteiger partial charge in [0, 0.05) is 6.42 Å². The molecule has 0 saturated heterocycles. The SMILES string of the molecule is CC/C=C\C/C=C\C/C=C\C/C=C\C/C=C\CCCCCCCCCCCCCCCC(=O)NC(COP(=O)(O)OCC[N+](C)(C)C)C(O)CCCCCCCCCCCCC. The van der Waals surface area contributed by atoms with Crippen molar-refractivity contribution < 1.29 is 32.9 Å². The molecule has 0 aliphatic carbocycles. The summed E-state index contributed by atoms with van der Waals surface area (Å²) in [7, 11) is 1.61. The van der Waals surface area contributed by atoms with Gasteiger partial charge in [0.25, 0.3) is 0 Å². The predicted octanol–water partition coefficient (Wildman–Crippen LogP) is 15.0. The molecule has 0 rings (SSSR count). The molecule has 0 aliphatic rings. The first-order valence-electron chi connectivity index (χ1n) is 25.7. The summed E-state index contributed by atoms with van der Waals surface area (Å²) >= 11 is 0. The van der Waals surface area contributed by atoms with Crippen molar-refractivity contribution >= 4 is 13.7 Å². The maximum absolute atomic E-state index is 12.9. The van der Waals surface area contributed by atoms with Crippen molar-refractivity contribution in [3.8, 4) is 0 Å². The molecule has 9 heteroatoms. The molecule has 0 aromatic rings. The molecule has 0 aromatic carbocycles. The van der Waals surface area contributed by atoms with E-state index in [0.29, 0.717) is 23.9 Å². The fourth-order valence-corrected chi connectivity index (χ4v) is 7.99. The fraction of sp³-hybridized carbons (Fsp3) is 0.792. The number of allylic oxidation sites excluding steroid dienone is 10. The normalized spacial score (nSPS) is 14.6. The van der Waals surface area contributed by atoms with Crippen molar-refractivity contribution in [1.29, 1.82) is 0 Å². The summed E-state index contributed by atoms with van der Waals surface area (Å²) < 4.78 is 23.7. The number of phosphoric ester groups is 1. The summed E-state index contributed by atoms with van der Waals surface area (Å²) in [6.45, 7) is 4.76. The van der Waals surface area contributed by atoms with Gasteiger partial charge in [-0.05, 0) is 57.8 Å². The van der Waals surface area contributed by atoms with Crippen LogP contribution in [0.4, 0.5) is 0 Å². The van der Waals surface area contributed by atoms with E-state index in [2.05, 4.69) is 79.9 Å². The Kier molecular flexibility index (Phi) is 43.1. The molecule has 0 aromatic heterocycles. The van der Waals surface area contributed by atoms with Gasteiger partial charge in [-0.15, -0.1) is 0 Å². The minimum atomic E-state index is -4.32. The van der Waals surface area contributed by atoms with Gasteiger partial charge in [0.2, 0.25) is 5.91 Å². The maximum atomic E-state index is 12.9. The van der Waals surface area contributed by atoms with E-state index in [-0.39, 0.29) is 19.1 Å². The fourth-order valence-electron chi connectivity index (χ4n) is 7.25. The molecule has 0 bridgehead atoms. The summed E-state index contributed by atoms with van der Waals surface area (Å²) in [6, 6.07) is -0.761. The Morgan fingerprint density at radius 2 is 0.968 bits per heavy atom. The highest BCUT2D eigenvalue weighted by Crippen LogP contribution is 2.43. The number of rotatable bonds is 46. The van der Waals surface area contributed by atoms with Crippen LogP contribution in [0.1, 0.15) is 219 Å². The largest absolute Gasteiger partial charge is 0.472 e. The Morgan fingerprint density at radius 1 is 0.565 bits per heavy atom. The second-order valence-electron chi connectivity index (χ2n) is 18.5. The molecule has 3 N–H and O–H groups in total. The second kappa shape index (κ2) is 44.4. The lowest BCUT2D eigenvalue weighted by molar-refractivity contribution is -0.870. The van der Waals surface area contributed by atoms with Gasteiger partial charge in [-0.1, -0.05) is 216 Å². The number of quaternary nitrogens is 1. The van der Waals surface area contributed by atoms with Gasteiger partial charge in [0.15, 0.2) is 0 Å². The Bertz CT molecular complexity index is 1190. The first kappa shape index (κ1) is 60.2. The molecular formula is C53H100N2O6P+. The van der Waals surface area contributed by atoms with Gasteiger partial charge in [-0.3, -0.25) is 13.8 Å². The van der Waals surface area contributed by atoms with Crippen LogP contribution in [0.25, 0.3) is 0 Å². The van der Waals surface area contributed by atoms with Crippen molar-refractivity contribution in [2.45, 2.75) is 231 Å². The quantitative estimate of drug-likeness (QED) is 0.0243. The van der Waals surface area contributed by atoms with E-state index in [4.69, 9.17) is 9.05 Å². The standard InChI is InChI=1S/C53H99N2O6P/c1-6-8-10-12-14-16-18-19-20-21-22-23-24-25-26-27-28-29-30-31-32-33-34-35-37-39-41-43-45-47-53(57)54-51(50-61-62(58,59)60-49-48-55(3,4)5)52(56)46-44-42-40-38-36-17-15-13-11-9-7-2/h8,10,14,16,19-20,22-23,25-26,51-52,56H,6-7,9,11-13,15,17-18,21,24,27-50H2,1-5H3,(H-,54,57,58,59)/p+1/b10-8-,16-14-,20-19-,23-22-,26-25-. The van der Waals surface area contributed by atoms with E-state index in [1.54, 1.807) is 0 Å². The van der Waals surface area contributed by atoms with Crippen LogP contribution in [-0.4, -0.2) is 73.4 Å². The third kappa shape index (κ3) is 46.2. The van der Waals surface area contributed by atoms with Crippen molar-refractivity contribution in [3.63, 3.8) is 0 Å². The Hall–Kier alpha value is -1.80. The molecule has 0 radical (unpaired) electrons. The smallest absolute Gasteiger partial charge is 0.391 e. The van der Waals surface area contributed by atoms with Crippen LogP contribution in [0.5, 0.6) is 0 Å². The third-order valence-corrected chi connectivity index (χ3v) is 12.3. The molecular weight excluding hydrogens is 792 g/mol. The third-order valence-electron chi connectivity index (χ3n) is 11.3. The highest BCUT2D eigenvalue weighted by atomic mass is 31.2. The molecule has 1 amide bonds. The molecule has 62 heavy (non-hydrogen) atoms. The van der Waals surface area contributed by atoms with Crippen LogP contribution in [0, 0.1) is 0 Å². The predicted molar refractivity (Wildman–Crippen MR) is 267 cm³/mol. The van der Waals surface area contributed by atoms with E-state index in [0.717, 1.165) is 70.6 Å². The van der Waals surface area contributed by atoms with Gasteiger partial charge < -0.3 is 19.8 Å². The summed E-state index contributed by atoms with van der Waals surface area (Å²) in [6.07, 6.45) is 58.4. The highest BCUT2D eigenvalue weighted by Gasteiger charge is 2.28. The van der Waals surface area contributed by atoms with E-state index in [1.165, 1.54) is 122 Å². The molecule has 0 heterocycles. The molecule has 8 nitrogen and oxygen atoms in total. The summed E-state index contributed by atoms with van der Waals surface area (Å²) in [4.78, 5) is 23.2. The van der Waals surface area contributed by atoms with Crippen LogP contribution >= 0.6 is 7.82 Å². The zero-order chi connectivity index (χ0) is 45.7. The first-order chi connectivity index (χ1) is 30.0. The number of phosphoric acid groups is 1. The van der Waals surface area contributed by atoms with E-state index in [1.807, 2.05) is 21.1 Å². The number of hydrogen-bond donors (Lipinski definition) is 3.